The lowest BCUT2D eigenvalue weighted by Gasteiger charge is -2.20. The molecule has 0 saturated heterocycles. The minimum absolute atomic E-state index is 0.248. The predicted molar refractivity (Wildman–Crippen MR) is 54.8 cm³/mol. The van der Waals surface area contributed by atoms with Crippen LogP contribution in [0.3, 0.4) is 0 Å². The molecule has 0 fully saturated rings. The number of ketones is 1. The first-order valence-electron chi connectivity index (χ1n) is 4.91. The maximum absolute atomic E-state index is 11.7. The molecule has 0 amide bonds. The molecule has 0 heterocycles. The molecule has 2 rings (SSSR count). The lowest BCUT2D eigenvalue weighted by Crippen LogP contribution is -2.17. The van der Waals surface area contributed by atoms with Gasteiger partial charge in [0, 0.05) is 12.0 Å². The smallest absolute Gasteiger partial charge is 0.163 e. The van der Waals surface area contributed by atoms with Crippen molar-refractivity contribution in [2.45, 2.75) is 19.8 Å². The van der Waals surface area contributed by atoms with E-state index in [1.165, 1.54) is 0 Å². The van der Waals surface area contributed by atoms with Gasteiger partial charge in [0.05, 0.1) is 7.11 Å². The van der Waals surface area contributed by atoms with Crippen molar-refractivity contribution in [1.82, 2.24) is 0 Å². The van der Waals surface area contributed by atoms with Crippen LogP contribution in [0.2, 0.25) is 0 Å². The lowest BCUT2D eigenvalue weighted by atomic mass is 9.84. The van der Waals surface area contributed by atoms with Crippen LogP contribution >= 0.6 is 0 Å². The number of carbonyl (C=O) groups excluding carboxylic acids is 1. The average Bonchev–Trinajstić information content (AvgIpc) is 2.17. The van der Waals surface area contributed by atoms with Gasteiger partial charge in [-0.2, -0.15) is 0 Å². The Kier molecular flexibility index (Phi) is 2.28. The molecule has 1 aromatic carbocycles. The van der Waals surface area contributed by atoms with Crippen LogP contribution < -0.4 is 4.74 Å². The summed E-state index contributed by atoms with van der Waals surface area (Å²) in [5.41, 5.74) is 2.01. The molecular formula is C12H14O2. The van der Waals surface area contributed by atoms with Gasteiger partial charge in [-0.15, -0.1) is 0 Å². The summed E-state index contributed by atoms with van der Waals surface area (Å²) in [4.78, 5) is 11.7. The molecule has 0 unspecified atom stereocenters. The highest BCUT2D eigenvalue weighted by molar-refractivity contribution is 5.99. The van der Waals surface area contributed by atoms with Gasteiger partial charge >= 0.3 is 0 Å². The second-order valence-electron chi connectivity index (χ2n) is 3.96. The van der Waals surface area contributed by atoms with E-state index >= 15 is 0 Å². The Morgan fingerprint density at radius 2 is 2.14 bits per heavy atom. The van der Waals surface area contributed by atoms with Gasteiger partial charge < -0.3 is 4.74 Å². The normalized spacial score (nSPS) is 20.4. The topological polar surface area (TPSA) is 26.3 Å². The number of methoxy groups -OCH3 is 1. The molecule has 14 heavy (non-hydrogen) atoms. The standard InChI is InChI=1S/C12H14O2/c1-8-5-9-3-4-10(14-2)7-11(9)12(13)6-8/h3-4,7-8H,5-6H2,1-2H3/t8-/m0/s1. The fourth-order valence-corrected chi connectivity index (χ4v) is 1.99. The average molecular weight is 190 g/mol. The predicted octanol–water partition coefficient (Wildman–Crippen LogP) is 2.46. The van der Waals surface area contributed by atoms with E-state index in [1.54, 1.807) is 7.11 Å². The lowest BCUT2D eigenvalue weighted by molar-refractivity contribution is 0.0953. The summed E-state index contributed by atoms with van der Waals surface area (Å²) < 4.78 is 5.10. The molecule has 0 bridgehead atoms. The third kappa shape index (κ3) is 1.52. The molecule has 2 nitrogen and oxygen atoms in total. The summed E-state index contributed by atoms with van der Waals surface area (Å²) in [5, 5.41) is 0. The molecule has 0 spiro atoms. The SMILES string of the molecule is COc1ccc2c(c1)C(=O)C[C@@H](C)C2. The van der Waals surface area contributed by atoms with Crippen LogP contribution in [0.15, 0.2) is 18.2 Å². The van der Waals surface area contributed by atoms with Crippen LogP contribution in [-0.4, -0.2) is 12.9 Å². The minimum atomic E-state index is 0.248. The zero-order chi connectivity index (χ0) is 10.1. The molecular weight excluding hydrogens is 176 g/mol. The Bertz CT molecular complexity index is 369. The number of carbonyl (C=O) groups is 1. The minimum Gasteiger partial charge on any atom is -0.497 e. The van der Waals surface area contributed by atoms with Gasteiger partial charge in [0.25, 0.3) is 0 Å². The van der Waals surface area contributed by atoms with Crippen LogP contribution in [0, 0.1) is 5.92 Å². The van der Waals surface area contributed by atoms with Crippen molar-refractivity contribution in [2.24, 2.45) is 5.92 Å². The fraction of sp³-hybridized carbons (Fsp3) is 0.417. The molecule has 1 atom stereocenters. The number of rotatable bonds is 1. The van der Waals surface area contributed by atoms with E-state index in [2.05, 4.69) is 6.92 Å². The van der Waals surface area contributed by atoms with E-state index in [0.717, 1.165) is 23.3 Å². The highest BCUT2D eigenvalue weighted by Crippen LogP contribution is 2.28. The molecule has 1 aromatic rings. The molecule has 0 N–H and O–H groups in total. The number of ether oxygens (including phenoxy) is 1. The van der Waals surface area contributed by atoms with Crippen LogP contribution in [-0.2, 0) is 6.42 Å². The van der Waals surface area contributed by atoms with E-state index < -0.39 is 0 Å². The molecule has 1 aliphatic rings. The monoisotopic (exact) mass is 190 g/mol. The Hall–Kier alpha value is -1.31. The third-order valence-corrected chi connectivity index (χ3v) is 2.72. The number of Topliss-reactive ketones (excluding diaryl/α,β-unsaturated/α-hetero) is 1. The van der Waals surface area contributed by atoms with E-state index in [4.69, 9.17) is 4.74 Å². The number of hydrogen-bond acceptors (Lipinski definition) is 2. The Morgan fingerprint density at radius 3 is 2.86 bits per heavy atom. The van der Waals surface area contributed by atoms with Gasteiger partial charge in [0.15, 0.2) is 5.78 Å². The number of fused-ring (bicyclic) bond motifs is 1. The van der Waals surface area contributed by atoms with Crippen LogP contribution in [0.4, 0.5) is 0 Å². The summed E-state index contributed by atoms with van der Waals surface area (Å²) >= 11 is 0. The molecule has 2 heteroatoms. The van der Waals surface area contributed by atoms with Crippen molar-refractivity contribution in [3.8, 4) is 5.75 Å². The Labute approximate surface area is 83.9 Å². The quantitative estimate of drug-likeness (QED) is 0.680. The van der Waals surface area contributed by atoms with Gasteiger partial charge in [-0.3, -0.25) is 4.79 Å². The van der Waals surface area contributed by atoms with Crippen molar-refractivity contribution in [1.29, 1.82) is 0 Å². The summed E-state index contributed by atoms with van der Waals surface area (Å²) in [6, 6.07) is 5.77. The maximum Gasteiger partial charge on any atom is 0.163 e. The first kappa shape index (κ1) is 9.25. The maximum atomic E-state index is 11.7. The van der Waals surface area contributed by atoms with Crippen molar-refractivity contribution < 1.29 is 9.53 Å². The highest BCUT2D eigenvalue weighted by atomic mass is 16.5. The van der Waals surface area contributed by atoms with Crippen molar-refractivity contribution >= 4 is 5.78 Å². The van der Waals surface area contributed by atoms with Gasteiger partial charge in [0.2, 0.25) is 0 Å². The molecule has 74 valence electrons. The van der Waals surface area contributed by atoms with Crippen LogP contribution in [0.1, 0.15) is 29.3 Å². The third-order valence-electron chi connectivity index (χ3n) is 2.72. The van der Waals surface area contributed by atoms with Crippen LogP contribution in [0.5, 0.6) is 5.75 Å². The van der Waals surface area contributed by atoms with Gasteiger partial charge in [-0.1, -0.05) is 13.0 Å². The first-order chi connectivity index (χ1) is 6.70. The zero-order valence-corrected chi connectivity index (χ0v) is 8.54. The van der Waals surface area contributed by atoms with Crippen molar-refractivity contribution in [2.75, 3.05) is 7.11 Å². The largest absolute Gasteiger partial charge is 0.497 e. The second kappa shape index (κ2) is 3.45. The van der Waals surface area contributed by atoms with E-state index in [0.29, 0.717) is 12.3 Å². The summed E-state index contributed by atoms with van der Waals surface area (Å²) in [5.74, 6) is 1.49. The Balaban J connectivity index is 2.44. The van der Waals surface area contributed by atoms with E-state index in [-0.39, 0.29) is 5.78 Å². The summed E-state index contributed by atoms with van der Waals surface area (Å²) in [6.45, 7) is 2.12. The number of benzene rings is 1. The molecule has 0 aromatic heterocycles. The molecule has 1 aliphatic carbocycles. The van der Waals surface area contributed by atoms with Crippen LogP contribution in [0.25, 0.3) is 0 Å². The van der Waals surface area contributed by atoms with Gasteiger partial charge in [0.1, 0.15) is 5.75 Å². The first-order valence-corrected chi connectivity index (χ1v) is 4.91. The molecule has 0 aliphatic heterocycles. The summed E-state index contributed by atoms with van der Waals surface area (Å²) in [7, 11) is 1.62. The van der Waals surface area contributed by atoms with E-state index in [9.17, 15) is 4.79 Å². The highest BCUT2D eigenvalue weighted by Gasteiger charge is 2.22. The summed E-state index contributed by atoms with van der Waals surface area (Å²) in [6.07, 6.45) is 1.67. The number of hydrogen-bond donors (Lipinski definition) is 0. The molecule has 0 saturated carbocycles. The van der Waals surface area contributed by atoms with E-state index in [1.807, 2.05) is 18.2 Å². The van der Waals surface area contributed by atoms with Gasteiger partial charge in [-0.25, -0.2) is 0 Å². The van der Waals surface area contributed by atoms with Crippen molar-refractivity contribution in [3.63, 3.8) is 0 Å². The molecule has 0 radical (unpaired) electrons. The second-order valence-corrected chi connectivity index (χ2v) is 3.96. The van der Waals surface area contributed by atoms with Gasteiger partial charge in [-0.05, 0) is 30.0 Å². The fourth-order valence-electron chi connectivity index (χ4n) is 1.99. The zero-order valence-electron chi connectivity index (χ0n) is 8.54. The van der Waals surface area contributed by atoms with Crippen molar-refractivity contribution in [3.05, 3.63) is 29.3 Å². The Morgan fingerprint density at radius 1 is 1.36 bits per heavy atom.